The molecular weight excluding hydrogens is 252 g/mol. The van der Waals surface area contributed by atoms with Crippen molar-refractivity contribution in [2.45, 2.75) is 19.9 Å². The standard InChI is InChI=1S/C16H22N2O2/c1-16-11-17(9-13-5-3-2-4-6-13)10-14(16)7-8-18(12-16)15(19)20/h2-6,14H,7-12H2,1H3,(H,19,20)/t14-,16-/m1/s1. The average molecular weight is 274 g/mol. The van der Waals surface area contributed by atoms with Crippen LogP contribution in [-0.4, -0.2) is 47.2 Å². The SMILES string of the molecule is C[C@]12CN(Cc3ccccc3)C[C@H]1CCN(C(=O)O)C2. The molecule has 3 rings (SSSR count). The highest BCUT2D eigenvalue weighted by molar-refractivity contribution is 5.65. The van der Waals surface area contributed by atoms with Gasteiger partial charge in [-0.3, -0.25) is 4.90 Å². The second-order valence-corrected chi connectivity index (χ2v) is 6.50. The summed E-state index contributed by atoms with van der Waals surface area (Å²) < 4.78 is 0. The number of hydrogen-bond acceptors (Lipinski definition) is 2. The van der Waals surface area contributed by atoms with E-state index in [4.69, 9.17) is 0 Å². The predicted molar refractivity (Wildman–Crippen MR) is 77.5 cm³/mol. The van der Waals surface area contributed by atoms with Crippen molar-refractivity contribution in [3.05, 3.63) is 35.9 Å². The fourth-order valence-electron chi connectivity index (χ4n) is 3.81. The minimum Gasteiger partial charge on any atom is -0.465 e. The first kappa shape index (κ1) is 13.4. The molecule has 0 aromatic heterocycles. The molecule has 1 N–H and O–H groups in total. The molecule has 0 radical (unpaired) electrons. The van der Waals surface area contributed by atoms with Gasteiger partial charge in [-0.25, -0.2) is 4.79 Å². The molecule has 2 fully saturated rings. The number of rotatable bonds is 2. The van der Waals surface area contributed by atoms with Gasteiger partial charge in [0.25, 0.3) is 0 Å². The van der Waals surface area contributed by atoms with Gasteiger partial charge in [0.05, 0.1) is 0 Å². The van der Waals surface area contributed by atoms with Crippen LogP contribution in [0.5, 0.6) is 0 Å². The zero-order valence-corrected chi connectivity index (χ0v) is 12.0. The summed E-state index contributed by atoms with van der Waals surface area (Å²) in [6.45, 7) is 6.68. The number of carbonyl (C=O) groups is 1. The van der Waals surface area contributed by atoms with Crippen molar-refractivity contribution >= 4 is 6.09 Å². The van der Waals surface area contributed by atoms with Gasteiger partial charge in [0.1, 0.15) is 0 Å². The van der Waals surface area contributed by atoms with Gasteiger partial charge >= 0.3 is 6.09 Å². The lowest BCUT2D eigenvalue weighted by Crippen LogP contribution is -2.48. The normalized spacial score (nSPS) is 30.2. The Balaban J connectivity index is 1.67. The van der Waals surface area contributed by atoms with E-state index in [1.165, 1.54) is 5.56 Å². The van der Waals surface area contributed by atoms with Crippen LogP contribution in [0.4, 0.5) is 4.79 Å². The lowest BCUT2D eigenvalue weighted by Gasteiger charge is -2.40. The van der Waals surface area contributed by atoms with Crippen LogP contribution in [-0.2, 0) is 6.54 Å². The largest absolute Gasteiger partial charge is 0.465 e. The van der Waals surface area contributed by atoms with Gasteiger partial charge in [0.15, 0.2) is 0 Å². The minimum atomic E-state index is -0.772. The van der Waals surface area contributed by atoms with Crippen molar-refractivity contribution < 1.29 is 9.90 Å². The monoisotopic (exact) mass is 274 g/mol. The Labute approximate surface area is 120 Å². The summed E-state index contributed by atoms with van der Waals surface area (Å²) >= 11 is 0. The Bertz CT molecular complexity index is 491. The van der Waals surface area contributed by atoms with Crippen molar-refractivity contribution in [2.24, 2.45) is 11.3 Å². The van der Waals surface area contributed by atoms with E-state index < -0.39 is 6.09 Å². The fraction of sp³-hybridized carbons (Fsp3) is 0.562. The van der Waals surface area contributed by atoms with Crippen molar-refractivity contribution in [3.8, 4) is 0 Å². The summed E-state index contributed by atoms with van der Waals surface area (Å²) in [5.74, 6) is 0.627. The van der Waals surface area contributed by atoms with Crippen molar-refractivity contribution in [2.75, 3.05) is 26.2 Å². The first-order chi connectivity index (χ1) is 9.57. The summed E-state index contributed by atoms with van der Waals surface area (Å²) in [5, 5.41) is 9.19. The van der Waals surface area contributed by atoms with Gasteiger partial charge in [-0.1, -0.05) is 37.3 Å². The van der Waals surface area contributed by atoms with Crippen molar-refractivity contribution in [3.63, 3.8) is 0 Å². The molecule has 4 heteroatoms. The molecule has 0 aliphatic carbocycles. The van der Waals surface area contributed by atoms with E-state index in [1.54, 1.807) is 4.90 Å². The van der Waals surface area contributed by atoms with E-state index in [1.807, 2.05) is 6.07 Å². The molecule has 108 valence electrons. The van der Waals surface area contributed by atoms with E-state index in [-0.39, 0.29) is 5.41 Å². The van der Waals surface area contributed by atoms with Crippen LogP contribution < -0.4 is 0 Å². The molecule has 1 amide bonds. The number of carboxylic acid groups (broad SMARTS) is 1. The molecule has 2 atom stereocenters. The number of hydrogen-bond donors (Lipinski definition) is 1. The zero-order chi connectivity index (χ0) is 14.2. The smallest absolute Gasteiger partial charge is 0.407 e. The number of likely N-dealkylation sites (tertiary alicyclic amines) is 2. The third-order valence-electron chi connectivity index (χ3n) is 4.87. The number of amides is 1. The lowest BCUT2D eigenvalue weighted by molar-refractivity contribution is 0.0687. The molecule has 2 aliphatic rings. The van der Waals surface area contributed by atoms with Gasteiger partial charge in [0.2, 0.25) is 0 Å². The highest BCUT2D eigenvalue weighted by Crippen LogP contribution is 2.42. The predicted octanol–water partition coefficient (Wildman–Crippen LogP) is 2.51. The molecule has 2 saturated heterocycles. The highest BCUT2D eigenvalue weighted by Gasteiger charge is 2.47. The van der Waals surface area contributed by atoms with E-state index in [0.29, 0.717) is 19.0 Å². The summed E-state index contributed by atoms with van der Waals surface area (Å²) in [6, 6.07) is 10.5. The third kappa shape index (κ3) is 2.52. The maximum absolute atomic E-state index is 11.2. The second-order valence-electron chi connectivity index (χ2n) is 6.50. The van der Waals surface area contributed by atoms with Gasteiger partial charge < -0.3 is 10.0 Å². The number of piperidine rings is 1. The minimum absolute atomic E-state index is 0.116. The molecular formula is C16H22N2O2. The topological polar surface area (TPSA) is 43.8 Å². The molecule has 20 heavy (non-hydrogen) atoms. The Kier molecular flexibility index (Phi) is 3.42. The fourth-order valence-corrected chi connectivity index (χ4v) is 3.81. The van der Waals surface area contributed by atoms with Gasteiger partial charge in [-0.2, -0.15) is 0 Å². The van der Waals surface area contributed by atoms with Gasteiger partial charge in [-0.05, 0) is 17.9 Å². The average Bonchev–Trinajstić information content (AvgIpc) is 2.74. The first-order valence-corrected chi connectivity index (χ1v) is 7.31. The molecule has 0 unspecified atom stereocenters. The molecule has 2 aliphatic heterocycles. The Morgan fingerprint density at radius 1 is 1.35 bits per heavy atom. The second kappa shape index (κ2) is 5.09. The Hall–Kier alpha value is -1.55. The number of benzene rings is 1. The third-order valence-corrected chi connectivity index (χ3v) is 4.87. The number of fused-ring (bicyclic) bond motifs is 1. The molecule has 0 saturated carbocycles. The van der Waals surface area contributed by atoms with Crippen molar-refractivity contribution in [1.82, 2.24) is 9.80 Å². The Morgan fingerprint density at radius 2 is 2.10 bits per heavy atom. The summed E-state index contributed by atoms with van der Waals surface area (Å²) in [6.07, 6.45) is 0.222. The van der Waals surface area contributed by atoms with Crippen molar-refractivity contribution in [1.29, 1.82) is 0 Å². The first-order valence-electron chi connectivity index (χ1n) is 7.31. The maximum Gasteiger partial charge on any atom is 0.407 e. The van der Waals surface area contributed by atoms with Crippen LogP contribution >= 0.6 is 0 Å². The summed E-state index contributed by atoms with van der Waals surface area (Å²) in [7, 11) is 0. The number of nitrogens with zero attached hydrogens (tertiary/aromatic N) is 2. The van der Waals surface area contributed by atoms with Crippen LogP contribution in [0, 0.1) is 11.3 Å². The molecule has 0 bridgehead atoms. The van der Waals surface area contributed by atoms with Crippen LogP contribution in [0.15, 0.2) is 30.3 Å². The van der Waals surface area contributed by atoms with Crippen LogP contribution in [0.1, 0.15) is 18.9 Å². The van der Waals surface area contributed by atoms with E-state index >= 15 is 0 Å². The highest BCUT2D eigenvalue weighted by atomic mass is 16.4. The Morgan fingerprint density at radius 3 is 2.80 bits per heavy atom. The maximum atomic E-state index is 11.2. The van der Waals surface area contributed by atoms with E-state index in [0.717, 1.165) is 26.1 Å². The summed E-state index contributed by atoms with van der Waals surface area (Å²) in [4.78, 5) is 15.2. The molecule has 0 spiro atoms. The van der Waals surface area contributed by atoms with Gasteiger partial charge in [0, 0.05) is 38.1 Å². The van der Waals surface area contributed by atoms with Gasteiger partial charge in [-0.15, -0.1) is 0 Å². The van der Waals surface area contributed by atoms with E-state index in [2.05, 4.69) is 36.1 Å². The molecule has 1 aromatic carbocycles. The molecule has 2 heterocycles. The zero-order valence-electron chi connectivity index (χ0n) is 12.0. The molecule has 1 aromatic rings. The quantitative estimate of drug-likeness (QED) is 0.901. The van der Waals surface area contributed by atoms with Crippen LogP contribution in [0.3, 0.4) is 0 Å². The summed E-state index contributed by atoms with van der Waals surface area (Å²) in [5.41, 5.74) is 1.45. The van der Waals surface area contributed by atoms with Crippen LogP contribution in [0.2, 0.25) is 0 Å². The lowest BCUT2D eigenvalue weighted by atomic mass is 9.75. The van der Waals surface area contributed by atoms with E-state index in [9.17, 15) is 9.90 Å². The van der Waals surface area contributed by atoms with Crippen LogP contribution in [0.25, 0.3) is 0 Å². The molecule has 4 nitrogen and oxygen atoms in total.